The smallest absolute Gasteiger partial charge is 0.238 e. The van der Waals surface area contributed by atoms with Gasteiger partial charge in [0.25, 0.3) is 0 Å². The lowest BCUT2D eigenvalue weighted by atomic mass is 10.3. The van der Waals surface area contributed by atoms with E-state index in [0.717, 1.165) is 0 Å². The van der Waals surface area contributed by atoms with E-state index in [-0.39, 0.29) is 12.5 Å². The molecule has 0 aliphatic rings. The summed E-state index contributed by atoms with van der Waals surface area (Å²) < 4.78 is 1.46. The summed E-state index contributed by atoms with van der Waals surface area (Å²) in [5.41, 5.74) is 5.77. The zero-order chi connectivity index (χ0) is 11.4. The molecule has 0 atom stereocenters. The molecule has 0 aliphatic heterocycles. The monoisotopic (exact) mass is 218 g/mol. The average molecular weight is 218 g/mol. The lowest BCUT2D eigenvalue weighted by molar-refractivity contribution is -0.114. The van der Waals surface area contributed by atoms with Crippen LogP contribution >= 0.6 is 0 Å². The van der Waals surface area contributed by atoms with Gasteiger partial charge in [0.05, 0.1) is 12.2 Å². The van der Waals surface area contributed by atoms with E-state index in [1.807, 2.05) is 0 Å². The van der Waals surface area contributed by atoms with E-state index < -0.39 is 0 Å². The normalized spacial score (nSPS) is 10.1. The molecule has 0 spiro atoms. The molecule has 2 aromatic heterocycles. The Morgan fingerprint density at radius 1 is 1.56 bits per heavy atom. The van der Waals surface area contributed by atoms with Crippen LogP contribution in [-0.4, -0.2) is 32.2 Å². The average Bonchev–Trinajstić information content (AvgIpc) is 2.83. The SMILES string of the molecule is NCC(=O)Nc1cccnc1-n1cncn1. The number of aromatic nitrogens is 4. The molecule has 2 rings (SSSR count). The van der Waals surface area contributed by atoms with Crippen LogP contribution < -0.4 is 11.1 Å². The van der Waals surface area contributed by atoms with Crippen molar-refractivity contribution in [1.82, 2.24) is 19.7 Å². The van der Waals surface area contributed by atoms with Gasteiger partial charge < -0.3 is 11.1 Å². The van der Waals surface area contributed by atoms with Crippen molar-refractivity contribution in [2.75, 3.05) is 11.9 Å². The standard InChI is InChI=1S/C9H10N6O/c10-4-8(16)14-7-2-1-3-12-9(7)15-6-11-5-13-15/h1-3,5-6H,4,10H2,(H,14,16). The molecule has 7 nitrogen and oxygen atoms in total. The van der Waals surface area contributed by atoms with Crippen LogP contribution in [0.5, 0.6) is 0 Å². The molecule has 0 unspecified atom stereocenters. The Balaban J connectivity index is 2.35. The van der Waals surface area contributed by atoms with Crippen molar-refractivity contribution in [2.24, 2.45) is 5.73 Å². The van der Waals surface area contributed by atoms with Crippen LogP contribution in [0.15, 0.2) is 31.0 Å². The number of hydrogen-bond acceptors (Lipinski definition) is 5. The van der Waals surface area contributed by atoms with Gasteiger partial charge >= 0.3 is 0 Å². The van der Waals surface area contributed by atoms with E-state index in [2.05, 4.69) is 20.4 Å². The van der Waals surface area contributed by atoms with E-state index in [4.69, 9.17) is 5.73 Å². The number of carbonyl (C=O) groups excluding carboxylic acids is 1. The van der Waals surface area contributed by atoms with Gasteiger partial charge in [-0.1, -0.05) is 0 Å². The maximum absolute atomic E-state index is 11.2. The summed E-state index contributed by atoms with van der Waals surface area (Å²) in [6, 6.07) is 3.43. The summed E-state index contributed by atoms with van der Waals surface area (Å²) in [6.07, 6.45) is 4.50. The molecule has 0 aliphatic carbocycles. The van der Waals surface area contributed by atoms with Crippen LogP contribution in [-0.2, 0) is 4.79 Å². The summed E-state index contributed by atoms with van der Waals surface area (Å²) in [7, 11) is 0. The summed E-state index contributed by atoms with van der Waals surface area (Å²) in [4.78, 5) is 19.1. The van der Waals surface area contributed by atoms with Gasteiger partial charge in [-0.25, -0.2) is 14.6 Å². The second kappa shape index (κ2) is 4.49. The number of nitrogens with two attached hydrogens (primary N) is 1. The number of hydrogen-bond donors (Lipinski definition) is 2. The van der Waals surface area contributed by atoms with E-state index in [1.165, 1.54) is 17.3 Å². The Morgan fingerprint density at radius 3 is 3.12 bits per heavy atom. The summed E-state index contributed by atoms with van der Waals surface area (Å²) in [6.45, 7) is -0.0777. The zero-order valence-electron chi connectivity index (χ0n) is 8.37. The van der Waals surface area contributed by atoms with Gasteiger partial charge in [0.1, 0.15) is 12.7 Å². The first-order chi connectivity index (χ1) is 7.81. The Labute approximate surface area is 91.3 Å². The van der Waals surface area contributed by atoms with E-state index in [1.54, 1.807) is 18.3 Å². The van der Waals surface area contributed by atoms with Crippen LogP contribution in [0.1, 0.15) is 0 Å². The number of nitrogens with one attached hydrogen (secondary N) is 1. The molecular formula is C9H10N6O. The van der Waals surface area contributed by atoms with Crippen molar-refractivity contribution >= 4 is 11.6 Å². The van der Waals surface area contributed by atoms with Crippen LogP contribution in [0, 0.1) is 0 Å². The highest BCUT2D eigenvalue weighted by Crippen LogP contribution is 2.15. The fourth-order valence-corrected chi connectivity index (χ4v) is 1.20. The maximum atomic E-state index is 11.2. The number of nitrogens with zero attached hydrogens (tertiary/aromatic N) is 4. The minimum atomic E-state index is -0.283. The minimum absolute atomic E-state index is 0.0777. The maximum Gasteiger partial charge on any atom is 0.238 e. The first kappa shape index (κ1) is 10.2. The molecule has 0 bridgehead atoms. The van der Waals surface area contributed by atoms with Crippen LogP contribution in [0.25, 0.3) is 5.82 Å². The predicted octanol–water partition coefficient (Wildman–Crippen LogP) is -0.441. The van der Waals surface area contributed by atoms with E-state index in [9.17, 15) is 4.79 Å². The second-order valence-corrected chi connectivity index (χ2v) is 2.97. The van der Waals surface area contributed by atoms with Gasteiger partial charge in [0, 0.05) is 6.20 Å². The third kappa shape index (κ3) is 2.04. The third-order valence-corrected chi connectivity index (χ3v) is 1.88. The summed E-state index contributed by atoms with van der Waals surface area (Å²) in [5, 5.41) is 6.57. The Kier molecular flexibility index (Phi) is 2.88. The largest absolute Gasteiger partial charge is 0.322 e. The Morgan fingerprint density at radius 2 is 2.44 bits per heavy atom. The lowest BCUT2D eigenvalue weighted by Gasteiger charge is -2.08. The molecule has 3 N–H and O–H groups in total. The number of pyridine rings is 1. The van der Waals surface area contributed by atoms with Crippen molar-refractivity contribution in [3.8, 4) is 5.82 Å². The van der Waals surface area contributed by atoms with Gasteiger partial charge in [-0.2, -0.15) is 5.10 Å². The van der Waals surface area contributed by atoms with Crippen LogP contribution in [0.4, 0.5) is 5.69 Å². The van der Waals surface area contributed by atoms with Crippen molar-refractivity contribution in [1.29, 1.82) is 0 Å². The molecule has 0 saturated heterocycles. The molecule has 0 radical (unpaired) electrons. The summed E-state index contributed by atoms with van der Waals surface area (Å²) >= 11 is 0. The number of amides is 1. The molecule has 0 saturated carbocycles. The highest BCUT2D eigenvalue weighted by molar-refractivity contribution is 5.93. The highest BCUT2D eigenvalue weighted by Gasteiger charge is 2.08. The third-order valence-electron chi connectivity index (χ3n) is 1.88. The van der Waals surface area contributed by atoms with Crippen LogP contribution in [0.2, 0.25) is 0 Å². The molecule has 2 aromatic rings. The second-order valence-electron chi connectivity index (χ2n) is 2.97. The fraction of sp³-hybridized carbons (Fsp3) is 0.111. The molecule has 0 fully saturated rings. The predicted molar refractivity (Wildman–Crippen MR) is 56.8 cm³/mol. The van der Waals surface area contributed by atoms with Gasteiger partial charge in [-0.15, -0.1) is 0 Å². The quantitative estimate of drug-likeness (QED) is 0.727. The summed E-state index contributed by atoms with van der Waals surface area (Å²) in [5.74, 6) is 0.219. The molecule has 2 heterocycles. The molecule has 16 heavy (non-hydrogen) atoms. The van der Waals surface area contributed by atoms with Crippen molar-refractivity contribution in [2.45, 2.75) is 0 Å². The topological polar surface area (TPSA) is 98.7 Å². The van der Waals surface area contributed by atoms with Crippen LogP contribution in [0.3, 0.4) is 0 Å². The molecule has 0 aromatic carbocycles. The lowest BCUT2D eigenvalue weighted by Crippen LogP contribution is -2.23. The molecule has 7 heteroatoms. The Hall–Kier alpha value is -2.28. The van der Waals surface area contributed by atoms with Gasteiger partial charge in [-0.05, 0) is 12.1 Å². The van der Waals surface area contributed by atoms with Gasteiger partial charge in [-0.3, -0.25) is 4.79 Å². The molecule has 82 valence electrons. The first-order valence-electron chi connectivity index (χ1n) is 4.61. The molecule has 1 amide bonds. The van der Waals surface area contributed by atoms with Crippen molar-refractivity contribution in [3.63, 3.8) is 0 Å². The highest BCUT2D eigenvalue weighted by atomic mass is 16.1. The number of anilines is 1. The minimum Gasteiger partial charge on any atom is -0.322 e. The molecular weight excluding hydrogens is 208 g/mol. The van der Waals surface area contributed by atoms with E-state index >= 15 is 0 Å². The first-order valence-corrected chi connectivity index (χ1v) is 4.61. The van der Waals surface area contributed by atoms with E-state index in [0.29, 0.717) is 11.5 Å². The Bertz CT molecular complexity index is 481. The number of carbonyl (C=O) groups is 1. The zero-order valence-corrected chi connectivity index (χ0v) is 8.37. The van der Waals surface area contributed by atoms with Crippen molar-refractivity contribution < 1.29 is 4.79 Å². The van der Waals surface area contributed by atoms with Gasteiger partial charge in [0.15, 0.2) is 5.82 Å². The van der Waals surface area contributed by atoms with Gasteiger partial charge in [0.2, 0.25) is 5.91 Å². The number of rotatable bonds is 3. The fourth-order valence-electron chi connectivity index (χ4n) is 1.20. The van der Waals surface area contributed by atoms with Crippen molar-refractivity contribution in [3.05, 3.63) is 31.0 Å².